The summed E-state index contributed by atoms with van der Waals surface area (Å²) in [5, 5.41) is 2.76. The Morgan fingerprint density at radius 1 is 1.14 bits per heavy atom. The summed E-state index contributed by atoms with van der Waals surface area (Å²) < 4.78 is 5.39. The Bertz CT molecular complexity index is 1050. The number of aromatic nitrogens is 1. The van der Waals surface area contributed by atoms with E-state index < -0.39 is 0 Å². The van der Waals surface area contributed by atoms with Crippen molar-refractivity contribution in [3.8, 4) is 5.75 Å². The fraction of sp³-hybridized carbons (Fsp3) is 0.174. The van der Waals surface area contributed by atoms with Gasteiger partial charge in [0, 0.05) is 31.0 Å². The van der Waals surface area contributed by atoms with Crippen LogP contribution in [0.15, 0.2) is 67.0 Å². The Morgan fingerprint density at radius 3 is 2.79 bits per heavy atom. The SMILES string of the molecule is Cc1ccccc1CN(Cc1cccnc1)C(=O)c1ccc2c(c1)NC(=O)CO2. The third-order valence-corrected chi connectivity index (χ3v) is 4.87. The van der Waals surface area contributed by atoms with Gasteiger partial charge in [0.15, 0.2) is 6.61 Å². The minimum absolute atomic E-state index is 0.0132. The van der Waals surface area contributed by atoms with Crippen LogP contribution in [0.4, 0.5) is 5.69 Å². The van der Waals surface area contributed by atoms with Crippen molar-refractivity contribution in [3.63, 3.8) is 0 Å². The van der Waals surface area contributed by atoms with Crippen molar-refractivity contribution in [2.75, 3.05) is 11.9 Å². The molecule has 1 aliphatic heterocycles. The highest BCUT2D eigenvalue weighted by atomic mass is 16.5. The molecule has 2 heterocycles. The van der Waals surface area contributed by atoms with Gasteiger partial charge in [0.2, 0.25) is 0 Å². The van der Waals surface area contributed by atoms with Gasteiger partial charge in [0.25, 0.3) is 11.8 Å². The highest BCUT2D eigenvalue weighted by molar-refractivity contribution is 5.99. The van der Waals surface area contributed by atoms with Crippen molar-refractivity contribution in [1.29, 1.82) is 0 Å². The molecular weight excluding hydrogens is 366 g/mol. The van der Waals surface area contributed by atoms with Gasteiger partial charge in [-0.15, -0.1) is 0 Å². The van der Waals surface area contributed by atoms with E-state index in [0.717, 1.165) is 16.7 Å². The monoisotopic (exact) mass is 387 g/mol. The van der Waals surface area contributed by atoms with Crippen LogP contribution in [0, 0.1) is 6.92 Å². The molecule has 1 N–H and O–H groups in total. The van der Waals surface area contributed by atoms with E-state index in [1.807, 2.05) is 43.3 Å². The van der Waals surface area contributed by atoms with Crippen molar-refractivity contribution in [3.05, 3.63) is 89.2 Å². The van der Waals surface area contributed by atoms with E-state index in [1.54, 1.807) is 35.5 Å². The van der Waals surface area contributed by atoms with Gasteiger partial charge in [-0.3, -0.25) is 14.6 Å². The van der Waals surface area contributed by atoms with E-state index in [4.69, 9.17) is 4.74 Å². The van der Waals surface area contributed by atoms with Crippen LogP contribution in [0.25, 0.3) is 0 Å². The summed E-state index contributed by atoms with van der Waals surface area (Å²) in [6, 6.07) is 16.9. The van der Waals surface area contributed by atoms with Crippen LogP contribution in [-0.4, -0.2) is 28.3 Å². The van der Waals surface area contributed by atoms with Crippen LogP contribution in [0.3, 0.4) is 0 Å². The number of anilines is 1. The van der Waals surface area contributed by atoms with Crippen LogP contribution in [0.5, 0.6) is 5.75 Å². The molecule has 1 aliphatic rings. The van der Waals surface area contributed by atoms with Gasteiger partial charge >= 0.3 is 0 Å². The highest BCUT2D eigenvalue weighted by Crippen LogP contribution is 2.29. The first-order valence-corrected chi connectivity index (χ1v) is 9.39. The molecule has 0 radical (unpaired) electrons. The van der Waals surface area contributed by atoms with Crippen LogP contribution < -0.4 is 10.1 Å². The zero-order valence-corrected chi connectivity index (χ0v) is 16.1. The molecule has 0 fully saturated rings. The molecule has 1 aromatic heterocycles. The molecule has 2 aromatic carbocycles. The van der Waals surface area contributed by atoms with Gasteiger partial charge in [-0.05, 0) is 47.9 Å². The van der Waals surface area contributed by atoms with Crippen LogP contribution in [0.2, 0.25) is 0 Å². The third-order valence-electron chi connectivity index (χ3n) is 4.87. The van der Waals surface area contributed by atoms with Gasteiger partial charge in [0.05, 0.1) is 5.69 Å². The molecular formula is C23H21N3O3. The molecule has 0 unspecified atom stereocenters. The van der Waals surface area contributed by atoms with Gasteiger partial charge in [-0.25, -0.2) is 0 Å². The van der Waals surface area contributed by atoms with E-state index in [0.29, 0.717) is 30.1 Å². The van der Waals surface area contributed by atoms with E-state index in [2.05, 4.69) is 10.3 Å². The van der Waals surface area contributed by atoms with Crippen molar-refractivity contribution < 1.29 is 14.3 Å². The minimum atomic E-state index is -0.228. The number of nitrogens with one attached hydrogen (secondary N) is 1. The Kier molecular flexibility index (Phi) is 5.24. The lowest BCUT2D eigenvalue weighted by Gasteiger charge is -2.25. The first kappa shape index (κ1) is 18.7. The predicted molar refractivity (Wildman–Crippen MR) is 110 cm³/mol. The maximum absolute atomic E-state index is 13.4. The zero-order chi connectivity index (χ0) is 20.2. The summed E-state index contributed by atoms with van der Waals surface area (Å²) in [7, 11) is 0. The number of benzene rings is 2. The molecule has 6 heteroatoms. The first-order valence-electron chi connectivity index (χ1n) is 9.39. The number of hydrogen-bond acceptors (Lipinski definition) is 4. The van der Waals surface area contributed by atoms with Gasteiger partial charge in [-0.1, -0.05) is 30.3 Å². The number of rotatable bonds is 5. The second-order valence-corrected chi connectivity index (χ2v) is 7.00. The van der Waals surface area contributed by atoms with Crippen LogP contribution in [-0.2, 0) is 17.9 Å². The normalized spacial score (nSPS) is 12.5. The number of fused-ring (bicyclic) bond motifs is 1. The van der Waals surface area contributed by atoms with E-state index >= 15 is 0 Å². The molecule has 0 spiro atoms. The standard InChI is InChI=1S/C23H21N3O3/c1-16-5-2-3-7-19(16)14-26(13-17-6-4-10-24-12-17)23(28)18-8-9-21-20(11-18)25-22(27)15-29-21/h2-12H,13-15H2,1H3,(H,25,27). The number of hydrogen-bond donors (Lipinski definition) is 1. The molecule has 146 valence electrons. The largest absolute Gasteiger partial charge is 0.482 e. The summed E-state index contributed by atoms with van der Waals surface area (Å²) in [4.78, 5) is 30.9. The van der Waals surface area contributed by atoms with Crippen molar-refractivity contribution >= 4 is 17.5 Å². The number of carbonyl (C=O) groups excluding carboxylic acids is 2. The summed E-state index contributed by atoms with van der Waals surface area (Å²) in [6.45, 7) is 2.93. The maximum atomic E-state index is 13.4. The number of aryl methyl sites for hydroxylation is 1. The molecule has 29 heavy (non-hydrogen) atoms. The highest BCUT2D eigenvalue weighted by Gasteiger charge is 2.22. The Labute approximate surface area is 169 Å². The molecule has 2 amide bonds. The number of carbonyl (C=O) groups is 2. The fourth-order valence-corrected chi connectivity index (χ4v) is 3.30. The number of nitrogens with zero attached hydrogens (tertiary/aromatic N) is 2. The van der Waals surface area contributed by atoms with Crippen LogP contribution >= 0.6 is 0 Å². The second kappa shape index (κ2) is 8.14. The third kappa shape index (κ3) is 4.27. The Balaban J connectivity index is 1.64. The molecule has 4 rings (SSSR count). The van der Waals surface area contributed by atoms with Crippen molar-refractivity contribution in [2.45, 2.75) is 20.0 Å². The van der Waals surface area contributed by atoms with Gasteiger partial charge < -0.3 is 15.0 Å². The molecule has 0 aliphatic carbocycles. The van der Waals surface area contributed by atoms with E-state index in [1.165, 1.54) is 0 Å². The predicted octanol–water partition coefficient (Wildman–Crippen LogP) is 3.56. The van der Waals surface area contributed by atoms with E-state index in [-0.39, 0.29) is 18.4 Å². The average Bonchev–Trinajstić information content (AvgIpc) is 2.74. The molecule has 0 bridgehead atoms. The maximum Gasteiger partial charge on any atom is 0.262 e. The van der Waals surface area contributed by atoms with Gasteiger partial charge in [-0.2, -0.15) is 0 Å². The Morgan fingerprint density at radius 2 is 2.00 bits per heavy atom. The molecule has 0 saturated carbocycles. The summed E-state index contributed by atoms with van der Waals surface area (Å²) in [5.41, 5.74) is 4.17. The van der Waals surface area contributed by atoms with Crippen LogP contribution in [0.1, 0.15) is 27.0 Å². The van der Waals surface area contributed by atoms with Crippen molar-refractivity contribution in [1.82, 2.24) is 9.88 Å². The molecule has 3 aromatic rings. The van der Waals surface area contributed by atoms with E-state index in [9.17, 15) is 9.59 Å². The fourth-order valence-electron chi connectivity index (χ4n) is 3.30. The number of ether oxygens (including phenoxy) is 1. The zero-order valence-electron chi connectivity index (χ0n) is 16.1. The topological polar surface area (TPSA) is 71.5 Å². The lowest BCUT2D eigenvalue weighted by atomic mass is 10.1. The molecule has 6 nitrogen and oxygen atoms in total. The smallest absolute Gasteiger partial charge is 0.262 e. The molecule has 0 atom stereocenters. The number of pyridine rings is 1. The average molecular weight is 387 g/mol. The first-order chi connectivity index (χ1) is 14.1. The second-order valence-electron chi connectivity index (χ2n) is 7.00. The summed E-state index contributed by atoms with van der Waals surface area (Å²) >= 11 is 0. The summed E-state index contributed by atoms with van der Waals surface area (Å²) in [5.74, 6) is 0.216. The lowest BCUT2D eigenvalue weighted by Crippen LogP contribution is -2.31. The number of amides is 2. The minimum Gasteiger partial charge on any atom is -0.482 e. The Hall–Kier alpha value is -3.67. The summed E-state index contributed by atoms with van der Waals surface area (Å²) in [6.07, 6.45) is 3.47. The van der Waals surface area contributed by atoms with Gasteiger partial charge in [0.1, 0.15) is 5.75 Å². The lowest BCUT2D eigenvalue weighted by molar-refractivity contribution is -0.118. The van der Waals surface area contributed by atoms with Crippen molar-refractivity contribution in [2.24, 2.45) is 0 Å². The molecule has 0 saturated heterocycles. The quantitative estimate of drug-likeness (QED) is 0.727.